The van der Waals surface area contributed by atoms with Crippen LogP contribution in [0.25, 0.3) is 22.3 Å². The summed E-state index contributed by atoms with van der Waals surface area (Å²) in [4.78, 5) is 0. The van der Waals surface area contributed by atoms with Gasteiger partial charge in [0.25, 0.3) is 0 Å². The van der Waals surface area contributed by atoms with Crippen LogP contribution in [0.15, 0.2) is 123 Å². The van der Waals surface area contributed by atoms with Crippen molar-refractivity contribution in [3.05, 3.63) is 146 Å². The number of ether oxygens (including phenoxy) is 1. The molecule has 0 radical (unpaired) electrons. The molecule has 0 bridgehead atoms. The van der Waals surface area contributed by atoms with Crippen molar-refractivity contribution in [3.63, 3.8) is 0 Å². The van der Waals surface area contributed by atoms with Crippen LogP contribution in [0, 0.1) is 0 Å². The van der Waals surface area contributed by atoms with Gasteiger partial charge in [-0.1, -0.05) is 72.8 Å². The van der Waals surface area contributed by atoms with Gasteiger partial charge < -0.3 is 14.9 Å². The maximum atomic E-state index is 11.3. The summed E-state index contributed by atoms with van der Waals surface area (Å²) in [5, 5.41) is 22.7. The van der Waals surface area contributed by atoms with Gasteiger partial charge in [-0.05, 0) is 83.3 Å². The average Bonchev–Trinajstić information content (AvgIpc) is 2.94. The van der Waals surface area contributed by atoms with Crippen molar-refractivity contribution in [2.75, 3.05) is 0 Å². The summed E-state index contributed by atoms with van der Waals surface area (Å²) in [6.07, 6.45) is 10.1. The second-order valence-electron chi connectivity index (χ2n) is 9.45. The third-order valence-electron chi connectivity index (χ3n) is 6.54. The molecule has 0 aliphatic rings. The highest BCUT2D eigenvalue weighted by Gasteiger charge is 2.18. The zero-order valence-corrected chi connectivity index (χ0v) is 22.2. The van der Waals surface area contributed by atoms with Crippen molar-refractivity contribution < 1.29 is 14.9 Å². The molecule has 4 aromatic carbocycles. The number of rotatable bonds is 12. The molecule has 39 heavy (non-hydrogen) atoms. The Bertz CT molecular complexity index is 1380. The summed E-state index contributed by atoms with van der Waals surface area (Å²) in [6, 6.07) is 23.5. The molecule has 0 spiro atoms. The van der Waals surface area contributed by atoms with Gasteiger partial charge in [-0.3, -0.25) is 0 Å². The maximum Gasteiger partial charge on any atom is 0.170 e. The molecule has 0 saturated heterocycles. The summed E-state index contributed by atoms with van der Waals surface area (Å²) in [5.41, 5.74) is 7.16. The van der Waals surface area contributed by atoms with Crippen molar-refractivity contribution in [1.29, 1.82) is 0 Å². The predicted molar refractivity (Wildman–Crippen MR) is 163 cm³/mol. The van der Waals surface area contributed by atoms with E-state index in [2.05, 4.69) is 26.3 Å². The summed E-state index contributed by atoms with van der Waals surface area (Å²) in [7, 11) is 0. The normalized spacial score (nSPS) is 10.6. The second-order valence-corrected chi connectivity index (χ2v) is 9.45. The van der Waals surface area contributed by atoms with Gasteiger partial charge in [0.1, 0.15) is 0 Å². The molecule has 0 atom stereocenters. The van der Waals surface area contributed by atoms with Gasteiger partial charge in [0.05, 0.1) is 0 Å². The fraction of sp³-hybridized carbons (Fsp3) is 0.111. The van der Waals surface area contributed by atoms with E-state index in [-0.39, 0.29) is 23.0 Å². The first-order valence-electron chi connectivity index (χ1n) is 13.0. The van der Waals surface area contributed by atoms with E-state index >= 15 is 0 Å². The van der Waals surface area contributed by atoms with Gasteiger partial charge in [0.2, 0.25) is 0 Å². The average molecular weight is 515 g/mol. The molecule has 3 heteroatoms. The first kappa shape index (κ1) is 27.3. The first-order valence-corrected chi connectivity index (χ1v) is 13.0. The van der Waals surface area contributed by atoms with Gasteiger partial charge in [-0.25, -0.2) is 0 Å². The summed E-state index contributed by atoms with van der Waals surface area (Å²) in [5.74, 6) is 0.530. The topological polar surface area (TPSA) is 49.7 Å². The van der Waals surface area contributed by atoms with Crippen LogP contribution in [-0.4, -0.2) is 10.2 Å². The SMILES string of the molecule is C=CCc1ccc(-c2cc(CC=C)cc(Oc3cc(CC=C)cc(-c4ccc(CC=C)cc4)c3O)c2O)cc1. The predicted octanol–water partition coefficient (Wildman–Crippen LogP) is 9.14. The van der Waals surface area contributed by atoms with Crippen molar-refractivity contribution in [2.24, 2.45) is 0 Å². The van der Waals surface area contributed by atoms with Crippen LogP contribution in [0.5, 0.6) is 23.0 Å². The van der Waals surface area contributed by atoms with E-state index in [1.165, 1.54) is 0 Å². The molecule has 4 aromatic rings. The minimum absolute atomic E-state index is 0.00290. The van der Waals surface area contributed by atoms with E-state index in [1.807, 2.05) is 85.0 Å². The molecule has 0 saturated carbocycles. The van der Waals surface area contributed by atoms with Crippen LogP contribution in [-0.2, 0) is 25.7 Å². The molecule has 0 unspecified atom stereocenters. The molecule has 0 amide bonds. The van der Waals surface area contributed by atoms with Gasteiger partial charge in [-0.2, -0.15) is 0 Å². The molecule has 0 aromatic heterocycles. The molecule has 196 valence electrons. The Labute approximate surface area is 231 Å². The maximum absolute atomic E-state index is 11.3. The molecule has 3 nitrogen and oxygen atoms in total. The molecular weight excluding hydrogens is 480 g/mol. The van der Waals surface area contributed by atoms with Crippen LogP contribution < -0.4 is 4.74 Å². The minimum atomic E-state index is 0.00290. The van der Waals surface area contributed by atoms with Crippen LogP contribution in [0.2, 0.25) is 0 Å². The summed E-state index contributed by atoms with van der Waals surface area (Å²) in [6.45, 7) is 15.3. The number of aromatic hydroxyl groups is 2. The molecule has 2 N–H and O–H groups in total. The zero-order valence-electron chi connectivity index (χ0n) is 22.2. The lowest BCUT2D eigenvalue weighted by atomic mass is 9.97. The van der Waals surface area contributed by atoms with E-state index < -0.39 is 0 Å². The Morgan fingerprint density at radius 2 is 0.821 bits per heavy atom. The Balaban J connectivity index is 1.79. The van der Waals surface area contributed by atoms with Crippen molar-refractivity contribution in [2.45, 2.75) is 25.7 Å². The van der Waals surface area contributed by atoms with E-state index in [9.17, 15) is 10.2 Å². The molecule has 0 aliphatic heterocycles. The van der Waals surface area contributed by atoms with Crippen LogP contribution in [0.3, 0.4) is 0 Å². The van der Waals surface area contributed by atoms with Crippen LogP contribution in [0.1, 0.15) is 22.3 Å². The quantitative estimate of drug-likeness (QED) is 0.185. The van der Waals surface area contributed by atoms with E-state index in [0.717, 1.165) is 46.2 Å². The Morgan fingerprint density at radius 1 is 0.487 bits per heavy atom. The van der Waals surface area contributed by atoms with E-state index in [0.29, 0.717) is 24.0 Å². The highest BCUT2D eigenvalue weighted by atomic mass is 16.5. The minimum Gasteiger partial charge on any atom is -0.504 e. The molecule has 4 rings (SSSR count). The lowest BCUT2D eigenvalue weighted by molar-refractivity contribution is 0.386. The van der Waals surface area contributed by atoms with Crippen molar-refractivity contribution in [3.8, 4) is 45.3 Å². The third-order valence-corrected chi connectivity index (χ3v) is 6.54. The molecule has 0 heterocycles. The van der Waals surface area contributed by atoms with Crippen LogP contribution in [0.4, 0.5) is 0 Å². The van der Waals surface area contributed by atoms with Gasteiger partial charge >= 0.3 is 0 Å². The fourth-order valence-corrected chi connectivity index (χ4v) is 4.59. The first-order chi connectivity index (χ1) is 19.0. The van der Waals surface area contributed by atoms with Gasteiger partial charge in [0, 0.05) is 11.1 Å². The Kier molecular flexibility index (Phi) is 8.86. The monoisotopic (exact) mass is 514 g/mol. The summed E-state index contributed by atoms with van der Waals surface area (Å²) < 4.78 is 6.27. The van der Waals surface area contributed by atoms with E-state index in [1.54, 1.807) is 12.1 Å². The Hall–Kier alpha value is -4.76. The number of benzene rings is 4. The lowest BCUT2D eigenvalue weighted by Crippen LogP contribution is -1.95. The third kappa shape index (κ3) is 6.39. The molecule has 0 fully saturated rings. The standard InChI is InChI=1S/C36H34O3/c1-5-9-25-13-17-29(18-14-25)31-21-27(11-7-3)23-33(35(31)37)39-34-24-28(12-8-4)22-32(36(34)38)30-19-15-26(10-6-2)16-20-30/h5-8,13-24,37-38H,1-4,9-12H2. The van der Waals surface area contributed by atoms with E-state index in [4.69, 9.17) is 4.74 Å². The molecule has 0 aliphatic carbocycles. The van der Waals surface area contributed by atoms with Crippen molar-refractivity contribution >= 4 is 0 Å². The highest BCUT2D eigenvalue weighted by molar-refractivity contribution is 5.77. The summed E-state index contributed by atoms with van der Waals surface area (Å²) >= 11 is 0. The fourth-order valence-electron chi connectivity index (χ4n) is 4.59. The Morgan fingerprint density at radius 3 is 1.15 bits per heavy atom. The number of hydrogen-bond acceptors (Lipinski definition) is 3. The smallest absolute Gasteiger partial charge is 0.170 e. The highest BCUT2D eigenvalue weighted by Crippen LogP contribution is 2.45. The zero-order chi connectivity index (χ0) is 27.8. The molecular formula is C36H34O3. The van der Waals surface area contributed by atoms with Gasteiger partial charge in [-0.15, -0.1) is 26.3 Å². The van der Waals surface area contributed by atoms with Crippen LogP contribution >= 0.6 is 0 Å². The largest absolute Gasteiger partial charge is 0.504 e. The number of phenols is 2. The number of phenolic OH excluding ortho intramolecular Hbond substituents is 2. The lowest BCUT2D eigenvalue weighted by Gasteiger charge is -2.17. The number of allylic oxidation sites excluding steroid dienone is 4. The van der Waals surface area contributed by atoms with Gasteiger partial charge in [0.15, 0.2) is 23.0 Å². The second kappa shape index (κ2) is 12.7. The number of hydrogen-bond donors (Lipinski definition) is 2. The van der Waals surface area contributed by atoms with Crippen molar-refractivity contribution in [1.82, 2.24) is 0 Å².